The highest BCUT2D eigenvalue weighted by Gasteiger charge is 2.16. The molecule has 3 aromatic rings. The second kappa shape index (κ2) is 6.14. The van der Waals surface area contributed by atoms with E-state index in [9.17, 15) is 0 Å². The summed E-state index contributed by atoms with van der Waals surface area (Å²) < 4.78 is 0. The van der Waals surface area contributed by atoms with Gasteiger partial charge in [-0.25, -0.2) is 9.97 Å². The van der Waals surface area contributed by atoms with Crippen LogP contribution >= 0.6 is 11.6 Å². The predicted molar refractivity (Wildman–Crippen MR) is 95.1 cm³/mol. The maximum absolute atomic E-state index is 6.49. The fraction of sp³-hybridized carbons (Fsp3) is 0.222. The lowest BCUT2D eigenvalue weighted by Gasteiger charge is -2.29. The number of benzene rings is 2. The first-order valence-electron chi connectivity index (χ1n) is 7.78. The Balaban J connectivity index is 1.88. The Labute approximate surface area is 140 Å². The van der Waals surface area contributed by atoms with Crippen molar-refractivity contribution in [3.63, 3.8) is 0 Å². The third kappa shape index (κ3) is 2.76. The third-order valence-electron chi connectivity index (χ3n) is 4.20. The van der Waals surface area contributed by atoms with E-state index in [4.69, 9.17) is 11.6 Å². The summed E-state index contributed by atoms with van der Waals surface area (Å²) in [5.41, 5.74) is 3.01. The lowest BCUT2D eigenvalue weighted by atomic mass is 10.0. The maximum atomic E-state index is 6.49. The van der Waals surface area contributed by atoms with Crippen molar-refractivity contribution in [1.29, 1.82) is 0 Å². The molecule has 1 N–H and O–H groups in total. The fourth-order valence-corrected chi connectivity index (χ4v) is 3.30. The molecule has 2 heterocycles. The average Bonchev–Trinajstić information content (AvgIpc) is 2.62. The zero-order valence-corrected chi connectivity index (χ0v) is 13.4. The molecule has 0 amide bonds. The smallest absolute Gasteiger partial charge is 0.139 e. The number of hydrogen-bond acceptors (Lipinski definition) is 4. The van der Waals surface area contributed by atoms with Crippen LogP contribution in [0.2, 0.25) is 5.02 Å². The number of hydrogen-bond donors (Lipinski definition) is 1. The van der Waals surface area contributed by atoms with Gasteiger partial charge in [0.05, 0.1) is 10.5 Å². The zero-order valence-electron chi connectivity index (χ0n) is 12.7. The minimum Gasteiger partial charge on any atom is -0.353 e. The monoisotopic (exact) mass is 324 g/mol. The van der Waals surface area contributed by atoms with E-state index in [1.54, 1.807) is 6.33 Å². The Morgan fingerprint density at radius 1 is 1.00 bits per heavy atom. The van der Waals surface area contributed by atoms with Crippen LogP contribution in [0.3, 0.4) is 0 Å². The Kier molecular flexibility index (Phi) is 3.85. The van der Waals surface area contributed by atoms with Crippen molar-refractivity contribution >= 4 is 28.3 Å². The topological polar surface area (TPSA) is 41.1 Å². The summed E-state index contributed by atoms with van der Waals surface area (Å²) in [5.74, 6) is 0.991. The molecule has 0 spiro atoms. The number of piperazine rings is 1. The SMILES string of the molecule is Clc1cc2ncnc(N3CCNCC3)c2cc1-c1ccccc1. The minimum atomic E-state index is 0.716. The van der Waals surface area contributed by atoms with Crippen LogP contribution in [0.5, 0.6) is 0 Å². The first-order chi connectivity index (χ1) is 11.3. The Hall–Kier alpha value is -2.17. The van der Waals surface area contributed by atoms with Gasteiger partial charge in [-0.3, -0.25) is 0 Å². The van der Waals surface area contributed by atoms with E-state index in [2.05, 4.69) is 38.4 Å². The molecule has 0 bridgehead atoms. The molecule has 0 aliphatic carbocycles. The van der Waals surface area contributed by atoms with Gasteiger partial charge >= 0.3 is 0 Å². The normalized spacial score (nSPS) is 15.1. The summed E-state index contributed by atoms with van der Waals surface area (Å²) in [5, 5.41) is 5.14. The standard InChI is InChI=1S/C18H17ClN4/c19-16-11-17-15(10-14(16)13-4-2-1-3-5-13)18(22-12-21-17)23-8-6-20-7-9-23/h1-5,10-12,20H,6-9H2. The van der Waals surface area contributed by atoms with Gasteiger partial charge in [0.25, 0.3) is 0 Å². The number of rotatable bonds is 2. The van der Waals surface area contributed by atoms with Gasteiger partial charge in [0, 0.05) is 37.1 Å². The quantitative estimate of drug-likeness (QED) is 0.785. The Morgan fingerprint density at radius 3 is 2.57 bits per heavy atom. The molecular weight excluding hydrogens is 308 g/mol. The molecule has 1 aliphatic heterocycles. The maximum Gasteiger partial charge on any atom is 0.139 e. The van der Waals surface area contributed by atoms with Crippen molar-refractivity contribution in [2.75, 3.05) is 31.1 Å². The molecule has 1 fully saturated rings. The Bertz CT molecular complexity index is 829. The average molecular weight is 325 g/mol. The number of fused-ring (bicyclic) bond motifs is 1. The number of anilines is 1. The number of halogens is 1. The minimum absolute atomic E-state index is 0.716. The van der Waals surface area contributed by atoms with Gasteiger partial charge in [-0.05, 0) is 17.7 Å². The van der Waals surface area contributed by atoms with Crippen LogP contribution in [0.15, 0.2) is 48.8 Å². The molecule has 0 radical (unpaired) electrons. The molecule has 5 heteroatoms. The molecule has 4 nitrogen and oxygen atoms in total. The molecule has 23 heavy (non-hydrogen) atoms. The molecule has 1 aromatic heterocycles. The van der Waals surface area contributed by atoms with Gasteiger partial charge in [-0.15, -0.1) is 0 Å². The second-order valence-electron chi connectivity index (χ2n) is 5.65. The van der Waals surface area contributed by atoms with Crippen molar-refractivity contribution in [3.8, 4) is 11.1 Å². The lowest BCUT2D eigenvalue weighted by molar-refractivity contribution is 0.586. The Morgan fingerprint density at radius 2 is 1.78 bits per heavy atom. The highest BCUT2D eigenvalue weighted by Crippen LogP contribution is 2.34. The summed E-state index contributed by atoms with van der Waals surface area (Å²) in [7, 11) is 0. The van der Waals surface area contributed by atoms with E-state index in [-0.39, 0.29) is 0 Å². The van der Waals surface area contributed by atoms with Crippen molar-refractivity contribution in [2.45, 2.75) is 0 Å². The van der Waals surface area contributed by atoms with Crippen molar-refractivity contribution in [2.24, 2.45) is 0 Å². The summed E-state index contributed by atoms with van der Waals surface area (Å²) >= 11 is 6.49. The molecule has 1 aliphatic rings. The zero-order chi connectivity index (χ0) is 15.6. The first-order valence-corrected chi connectivity index (χ1v) is 8.16. The van der Waals surface area contributed by atoms with Crippen LogP contribution in [0, 0.1) is 0 Å². The first kappa shape index (κ1) is 14.4. The summed E-state index contributed by atoms with van der Waals surface area (Å²) in [6.07, 6.45) is 1.62. The van der Waals surface area contributed by atoms with E-state index >= 15 is 0 Å². The number of aromatic nitrogens is 2. The molecule has 4 rings (SSSR count). The van der Waals surface area contributed by atoms with Crippen LogP contribution in [0.4, 0.5) is 5.82 Å². The van der Waals surface area contributed by atoms with Crippen LogP contribution in [-0.4, -0.2) is 36.1 Å². The van der Waals surface area contributed by atoms with Gasteiger partial charge in [0.15, 0.2) is 0 Å². The van der Waals surface area contributed by atoms with E-state index in [0.717, 1.165) is 54.0 Å². The van der Waals surface area contributed by atoms with Gasteiger partial charge in [0.2, 0.25) is 0 Å². The van der Waals surface area contributed by atoms with Crippen LogP contribution < -0.4 is 10.2 Å². The van der Waals surface area contributed by atoms with E-state index in [0.29, 0.717) is 5.02 Å². The highest BCUT2D eigenvalue weighted by molar-refractivity contribution is 6.34. The predicted octanol–water partition coefficient (Wildman–Crippen LogP) is 3.36. The van der Waals surface area contributed by atoms with Crippen LogP contribution in [0.1, 0.15) is 0 Å². The summed E-state index contributed by atoms with van der Waals surface area (Å²) in [4.78, 5) is 11.2. The molecule has 116 valence electrons. The largest absolute Gasteiger partial charge is 0.353 e. The van der Waals surface area contributed by atoms with Crippen LogP contribution in [0.25, 0.3) is 22.0 Å². The lowest BCUT2D eigenvalue weighted by Crippen LogP contribution is -2.44. The van der Waals surface area contributed by atoms with E-state index in [1.807, 2.05) is 24.3 Å². The van der Waals surface area contributed by atoms with E-state index in [1.165, 1.54) is 0 Å². The molecule has 2 aromatic carbocycles. The van der Waals surface area contributed by atoms with Crippen LogP contribution in [-0.2, 0) is 0 Å². The van der Waals surface area contributed by atoms with Crippen molar-refractivity contribution in [1.82, 2.24) is 15.3 Å². The van der Waals surface area contributed by atoms with Crippen molar-refractivity contribution < 1.29 is 0 Å². The summed E-state index contributed by atoms with van der Waals surface area (Å²) in [6, 6.07) is 14.2. The third-order valence-corrected chi connectivity index (χ3v) is 4.52. The van der Waals surface area contributed by atoms with Gasteiger partial charge in [0.1, 0.15) is 12.1 Å². The van der Waals surface area contributed by atoms with Gasteiger partial charge in [-0.1, -0.05) is 41.9 Å². The van der Waals surface area contributed by atoms with E-state index < -0.39 is 0 Å². The molecule has 0 saturated carbocycles. The molecular formula is C18H17ClN4. The highest BCUT2D eigenvalue weighted by atomic mass is 35.5. The van der Waals surface area contributed by atoms with Gasteiger partial charge in [-0.2, -0.15) is 0 Å². The number of nitrogens with one attached hydrogen (secondary N) is 1. The van der Waals surface area contributed by atoms with Crippen molar-refractivity contribution in [3.05, 3.63) is 53.8 Å². The second-order valence-corrected chi connectivity index (χ2v) is 6.06. The van der Waals surface area contributed by atoms with Gasteiger partial charge < -0.3 is 10.2 Å². The molecule has 0 atom stereocenters. The molecule has 1 saturated heterocycles. The fourth-order valence-electron chi connectivity index (χ4n) is 3.03. The number of nitrogens with zero attached hydrogens (tertiary/aromatic N) is 3. The molecule has 0 unspecified atom stereocenters. The summed E-state index contributed by atoms with van der Waals surface area (Å²) in [6.45, 7) is 3.86.